The zero-order valence-corrected chi connectivity index (χ0v) is 16.2. The van der Waals surface area contributed by atoms with Crippen molar-refractivity contribution in [1.82, 2.24) is 19.2 Å². The summed E-state index contributed by atoms with van der Waals surface area (Å²) >= 11 is 0. The summed E-state index contributed by atoms with van der Waals surface area (Å²) < 4.78 is 8.67. The SMILES string of the molecule is Cc1ccc2c(c1)c(=O)n(C)c1nnc(COC(=O)c3ccc(C)c(C)c3)n21. The highest BCUT2D eigenvalue weighted by atomic mass is 16.5. The Balaban J connectivity index is 1.73. The fraction of sp³-hybridized carbons (Fsp3) is 0.238. The van der Waals surface area contributed by atoms with Crippen LogP contribution in [0, 0.1) is 20.8 Å². The number of fused-ring (bicyclic) bond motifs is 3. The van der Waals surface area contributed by atoms with Gasteiger partial charge in [0.25, 0.3) is 5.56 Å². The topological polar surface area (TPSA) is 78.5 Å². The minimum Gasteiger partial charge on any atom is -0.454 e. The van der Waals surface area contributed by atoms with Gasteiger partial charge < -0.3 is 4.74 Å². The van der Waals surface area contributed by atoms with Gasteiger partial charge in [0.05, 0.1) is 16.5 Å². The third kappa shape index (κ3) is 2.85. The molecule has 0 saturated heterocycles. The molecule has 2 aromatic heterocycles. The molecular formula is C21H20N4O3. The van der Waals surface area contributed by atoms with E-state index in [0.717, 1.165) is 16.7 Å². The summed E-state index contributed by atoms with van der Waals surface area (Å²) in [6, 6.07) is 11.1. The minimum absolute atomic E-state index is 0.0475. The number of aromatic nitrogens is 4. The zero-order chi connectivity index (χ0) is 20.0. The molecule has 0 bridgehead atoms. The van der Waals surface area contributed by atoms with Crippen molar-refractivity contribution in [3.63, 3.8) is 0 Å². The zero-order valence-electron chi connectivity index (χ0n) is 16.2. The molecule has 0 aliphatic heterocycles. The first-order valence-corrected chi connectivity index (χ1v) is 8.94. The second-order valence-corrected chi connectivity index (χ2v) is 7.01. The lowest BCUT2D eigenvalue weighted by atomic mass is 10.1. The summed E-state index contributed by atoms with van der Waals surface area (Å²) in [5.41, 5.74) is 4.16. The highest BCUT2D eigenvalue weighted by Crippen LogP contribution is 2.17. The molecule has 0 unspecified atom stereocenters. The Morgan fingerprint density at radius 3 is 2.57 bits per heavy atom. The monoisotopic (exact) mass is 376 g/mol. The van der Waals surface area contributed by atoms with Crippen LogP contribution < -0.4 is 5.56 Å². The van der Waals surface area contributed by atoms with E-state index < -0.39 is 5.97 Å². The average molecular weight is 376 g/mol. The first kappa shape index (κ1) is 17.9. The number of esters is 1. The molecule has 4 rings (SSSR count). The Kier molecular flexibility index (Phi) is 4.22. The lowest BCUT2D eigenvalue weighted by molar-refractivity contribution is 0.0461. The molecule has 0 amide bonds. The van der Waals surface area contributed by atoms with E-state index in [2.05, 4.69) is 10.2 Å². The smallest absolute Gasteiger partial charge is 0.338 e. The van der Waals surface area contributed by atoms with Gasteiger partial charge in [0.15, 0.2) is 12.4 Å². The molecule has 0 N–H and O–H groups in total. The molecule has 0 aliphatic carbocycles. The predicted octanol–water partition coefficient (Wildman–Crippen LogP) is 2.86. The number of rotatable bonds is 3. The maximum atomic E-state index is 12.6. The van der Waals surface area contributed by atoms with E-state index in [-0.39, 0.29) is 12.2 Å². The van der Waals surface area contributed by atoms with Gasteiger partial charge in [0, 0.05) is 7.05 Å². The van der Waals surface area contributed by atoms with Crippen LogP contribution in [0.5, 0.6) is 0 Å². The van der Waals surface area contributed by atoms with Crippen molar-refractivity contribution in [3.8, 4) is 0 Å². The molecule has 28 heavy (non-hydrogen) atoms. The van der Waals surface area contributed by atoms with Crippen molar-refractivity contribution in [2.45, 2.75) is 27.4 Å². The van der Waals surface area contributed by atoms with Crippen LogP contribution in [0.2, 0.25) is 0 Å². The molecule has 0 fully saturated rings. The first-order chi connectivity index (χ1) is 13.4. The van der Waals surface area contributed by atoms with Crippen LogP contribution in [0.25, 0.3) is 16.7 Å². The van der Waals surface area contributed by atoms with Crippen molar-refractivity contribution in [1.29, 1.82) is 0 Å². The minimum atomic E-state index is -0.426. The van der Waals surface area contributed by atoms with Crippen LogP contribution in [-0.2, 0) is 18.4 Å². The summed E-state index contributed by atoms with van der Waals surface area (Å²) in [6.45, 7) is 5.83. The van der Waals surface area contributed by atoms with E-state index in [1.165, 1.54) is 4.57 Å². The molecule has 0 saturated carbocycles. The summed E-state index contributed by atoms with van der Waals surface area (Å²) in [7, 11) is 1.65. The number of ether oxygens (including phenoxy) is 1. The van der Waals surface area contributed by atoms with Gasteiger partial charge in [-0.3, -0.25) is 13.8 Å². The molecule has 7 heteroatoms. The van der Waals surface area contributed by atoms with Gasteiger partial charge in [-0.15, -0.1) is 10.2 Å². The van der Waals surface area contributed by atoms with Gasteiger partial charge in [-0.1, -0.05) is 17.7 Å². The summed E-state index contributed by atoms with van der Waals surface area (Å²) in [5.74, 6) is 0.431. The molecular weight excluding hydrogens is 356 g/mol. The number of carbonyl (C=O) groups excluding carboxylic acids is 1. The van der Waals surface area contributed by atoms with Gasteiger partial charge in [0.1, 0.15) is 0 Å². The van der Waals surface area contributed by atoms with Gasteiger partial charge in [0.2, 0.25) is 5.78 Å². The van der Waals surface area contributed by atoms with Gasteiger partial charge in [-0.05, 0) is 56.2 Å². The van der Waals surface area contributed by atoms with Crippen LogP contribution in [0.4, 0.5) is 0 Å². The second kappa shape index (κ2) is 6.60. The van der Waals surface area contributed by atoms with E-state index in [4.69, 9.17) is 4.74 Å². The summed E-state index contributed by atoms with van der Waals surface area (Å²) in [6.07, 6.45) is 0. The quantitative estimate of drug-likeness (QED) is 0.514. The van der Waals surface area contributed by atoms with Gasteiger partial charge in [-0.25, -0.2) is 4.79 Å². The van der Waals surface area contributed by atoms with Crippen molar-refractivity contribution >= 4 is 22.6 Å². The maximum absolute atomic E-state index is 12.6. The van der Waals surface area contributed by atoms with Crippen molar-refractivity contribution < 1.29 is 9.53 Å². The van der Waals surface area contributed by atoms with E-state index in [1.807, 2.05) is 51.1 Å². The average Bonchev–Trinajstić information content (AvgIpc) is 3.10. The van der Waals surface area contributed by atoms with E-state index >= 15 is 0 Å². The van der Waals surface area contributed by atoms with Crippen LogP contribution in [0.1, 0.15) is 32.9 Å². The van der Waals surface area contributed by atoms with Crippen molar-refractivity contribution in [3.05, 3.63) is 74.8 Å². The fourth-order valence-corrected chi connectivity index (χ4v) is 3.23. The maximum Gasteiger partial charge on any atom is 0.338 e. The number of aryl methyl sites for hydroxylation is 4. The lowest BCUT2D eigenvalue weighted by Crippen LogP contribution is -2.20. The number of hydrogen-bond acceptors (Lipinski definition) is 5. The normalized spacial score (nSPS) is 11.3. The lowest BCUT2D eigenvalue weighted by Gasteiger charge is -2.09. The summed E-state index contributed by atoms with van der Waals surface area (Å²) in [5, 5.41) is 8.82. The Labute approximate surface area is 161 Å². The first-order valence-electron chi connectivity index (χ1n) is 8.94. The third-order valence-corrected chi connectivity index (χ3v) is 5.02. The molecule has 0 aliphatic rings. The Bertz CT molecular complexity index is 1300. The van der Waals surface area contributed by atoms with Crippen LogP contribution in [0.15, 0.2) is 41.2 Å². The van der Waals surface area contributed by atoms with Gasteiger partial charge >= 0.3 is 5.97 Å². The standard InChI is InChI=1S/C21H20N4O3/c1-12-5-8-17-16(9-12)19(26)24(4)21-23-22-18(25(17)21)11-28-20(27)15-7-6-13(2)14(3)10-15/h5-10H,11H2,1-4H3. The Morgan fingerprint density at radius 2 is 1.82 bits per heavy atom. The van der Waals surface area contributed by atoms with E-state index in [0.29, 0.717) is 28.1 Å². The number of carbonyl (C=O) groups is 1. The molecule has 4 aromatic rings. The molecule has 2 aromatic carbocycles. The molecule has 0 atom stereocenters. The highest BCUT2D eigenvalue weighted by Gasteiger charge is 2.17. The fourth-order valence-electron chi connectivity index (χ4n) is 3.23. The molecule has 7 nitrogen and oxygen atoms in total. The van der Waals surface area contributed by atoms with Crippen LogP contribution in [-0.4, -0.2) is 25.1 Å². The molecule has 0 radical (unpaired) electrons. The molecule has 142 valence electrons. The van der Waals surface area contributed by atoms with E-state index in [1.54, 1.807) is 17.5 Å². The van der Waals surface area contributed by atoms with E-state index in [9.17, 15) is 9.59 Å². The van der Waals surface area contributed by atoms with Crippen LogP contribution >= 0.6 is 0 Å². The third-order valence-electron chi connectivity index (χ3n) is 5.02. The van der Waals surface area contributed by atoms with Crippen molar-refractivity contribution in [2.24, 2.45) is 7.05 Å². The molecule has 0 spiro atoms. The number of nitrogens with zero attached hydrogens (tertiary/aromatic N) is 4. The predicted molar refractivity (Wildman–Crippen MR) is 106 cm³/mol. The highest BCUT2D eigenvalue weighted by molar-refractivity contribution is 5.89. The van der Waals surface area contributed by atoms with Crippen molar-refractivity contribution in [2.75, 3.05) is 0 Å². The Morgan fingerprint density at radius 1 is 1.04 bits per heavy atom. The Hall–Kier alpha value is -3.48. The number of benzene rings is 2. The van der Waals surface area contributed by atoms with Gasteiger partial charge in [-0.2, -0.15) is 0 Å². The van der Waals surface area contributed by atoms with Crippen LogP contribution in [0.3, 0.4) is 0 Å². The molecule has 2 heterocycles. The largest absolute Gasteiger partial charge is 0.454 e. The number of hydrogen-bond donors (Lipinski definition) is 0. The summed E-state index contributed by atoms with van der Waals surface area (Å²) in [4.78, 5) is 25.0. The second-order valence-electron chi connectivity index (χ2n) is 7.01.